The van der Waals surface area contributed by atoms with Crippen LogP contribution in [-0.2, 0) is 0 Å². The summed E-state index contributed by atoms with van der Waals surface area (Å²) in [5.74, 6) is 0. The van der Waals surface area contributed by atoms with Crippen LogP contribution in [0, 0.1) is 21.4 Å². The van der Waals surface area contributed by atoms with E-state index in [1.165, 1.54) is 6.07 Å². The Morgan fingerprint density at radius 2 is 2.24 bits per heavy atom. The summed E-state index contributed by atoms with van der Waals surface area (Å²) in [5.41, 5.74) is 0.272. The zero-order chi connectivity index (χ0) is 12.7. The van der Waals surface area contributed by atoms with Crippen LogP contribution < -0.4 is 5.32 Å². The van der Waals surface area contributed by atoms with Crippen LogP contribution in [0.3, 0.4) is 0 Å². The molecule has 0 bridgehead atoms. The number of aliphatic hydroxyl groups is 1. The fourth-order valence-corrected chi connectivity index (χ4v) is 1.45. The van der Waals surface area contributed by atoms with Crippen LogP contribution in [0.4, 0.5) is 5.69 Å². The number of nitro benzene ring substituents is 1. The van der Waals surface area contributed by atoms with E-state index in [4.69, 9.17) is 10.4 Å². The molecule has 2 N–H and O–H groups in total. The normalized spacial score (nSPS) is 11.8. The molecule has 0 aromatic heterocycles. The first-order valence-electron chi connectivity index (χ1n) is 5.18. The number of nitrogens with zero attached hydrogens (tertiary/aromatic N) is 2. The predicted molar refractivity (Wildman–Crippen MR) is 61.2 cm³/mol. The van der Waals surface area contributed by atoms with Gasteiger partial charge in [0.25, 0.3) is 5.69 Å². The second kappa shape index (κ2) is 6.58. The number of nitriles is 1. The van der Waals surface area contributed by atoms with Gasteiger partial charge in [0.2, 0.25) is 0 Å². The SMILES string of the molecule is N#CC(NCCCO)c1ccccc1[N+](=O)[O-]. The molecule has 0 radical (unpaired) electrons. The van der Waals surface area contributed by atoms with Gasteiger partial charge in [-0.2, -0.15) is 5.26 Å². The van der Waals surface area contributed by atoms with Gasteiger partial charge in [0.1, 0.15) is 6.04 Å². The first-order chi connectivity index (χ1) is 8.20. The third-order valence-electron chi connectivity index (χ3n) is 2.26. The Bertz CT molecular complexity index is 428. The lowest BCUT2D eigenvalue weighted by molar-refractivity contribution is -0.385. The Kier molecular flexibility index (Phi) is 5.07. The molecule has 1 aromatic rings. The summed E-state index contributed by atoms with van der Waals surface area (Å²) in [6.45, 7) is 0.447. The van der Waals surface area contributed by atoms with Crippen LogP contribution in [0.2, 0.25) is 0 Å². The molecule has 0 heterocycles. The van der Waals surface area contributed by atoms with Crippen molar-refractivity contribution in [3.8, 4) is 6.07 Å². The Hall–Kier alpha value is -1.97. The van der Waals surface area contributed by atoms with Crippen molar-refractivity contribution >= 4 is 5.69 Å². The molecule has 6 nitrogen and oxygen atoms in total. The maximum atomic E-state index is 10.8. The minimum Gasteiger partial charge on any atom is -0.396 e. The lowest BCUT2D eigenvalue weighted by Gasteiger charge is -2.11. The van der Waals surface area contributed by atoms with E-state index in [1.807, 2.05) is 6.07 Å². The fourth-order valence-electron chi connectivity index (χ4n) is 1.45. The van der Waals surface area contributed by atoms with Crippen LogP contribution in [0.25, 0.3) is 0 Å². The van der Waals surface area contributed by atoms with Gasteiger partial charge in [0.15, 0.2) is 0 Å². The molecule has 90 valence electrons. The van der Waals surface area contributed by atoms with E-state index in [9.17, 15) is 10.1 Å². The molecular formula is C11H13N3O3. The average Bonchev–Trinajstić information content (AvgIpc) is 2.35. The molecule has 1 aromatic carbocycles. The van der Waals surface area contributed by atoms with E-state index < -0.39 is 11.0 Å². The van der Waals surface area contributed by atoms with Gasteiger partial charge in [-0.05, 0) is 19.0 Å². The van der Waals surface area contributed by atoms with Crippen molar-refractivity contribution in [1.29, 1.82) is 5.26 Å². The Morgan fingerprint density at radius 3 is 2.82 bits per heavy atom. The van der Waals surface area contributed by atoms with Gasteiger partial charge < -0.3 is 5.11 Å². The molecule has 0 saturated carbocycles. The molecular weight excluding hydrogens is 222 g/mol. The smallest absolute Gasteiger partial charge is 0.275 e. The molecule has 0 fully saturated rings. The van der Waals surface area contributed by atoms with Crippen LogP contribution in [0.1, 0.15) is 18.0 Å². The zero-order valence-electron chi connectivity index (χ0n) is 9.17. The summed E-state index contributed by atoms with van der Waals surface area (Å²) in [5, 5.41) is 31.3. The molecule has 0 aliphatic carbocycles. The number of hydrogen-bond acceptors (Lipinski definition) is 5. The first-order valence-corrected chi connectivity index (χ1v) is 5.18. The maximum absolute atomic E-state index is 10.8. The number of rotatable bonds is 6. The van der Waals surface area contributed by atoms with Gasteiger partial charge in [-0.25, -0.2) is 0 Å². The topological polar surface area (TPSA) is 99.2 Å². The number of nitro groups is 1. The second-order valence-corrected chi connectivity index (χ2v) is 3.41. The van der Waals surface area contributed by atoms with Crippen LogP contribution in [-0.4, -0.2) is 23.2 Å². The molecule has 0 saturated heterocycles. The van der Waals surface area contributed by atoms with Gasteiger partial charge in [0, 0.05) is 12.7 Å². The van der Waals surface area contributed by atoms with E-state index in [1.54, 1.807) is 18.2 Å². The highest BCUT2D eigenvalue weighted by molar-refractivity contribution is 5.44. The minimum atomic E-state index is -0.733. The van der Waals surface area contributed by atoms with E-state index in [0.717, 1.165) is 0 Å². The summed E-state index contributed by atoms with van der Waals surface area (Å²) in [4.78, 5) is 10.3. The first kappa shape index (κ1) is 13.1. The van der Waals surface area contributed by atoms with E-state index in [2.05, 4.69) is 5.32 Å². The van der Waals surface area contributed by atoms with Gasteiger partial charge in [-0.15, -0.1) is 0 Å². The van der Waals surface area contributed by atoms with Crippen molar-refractivity contribution in [3.05, 3.63) is 39.9 Å². The Morgan fingerprint density at radius 1 is 1.53 bits per heavy atom. The van der Waals surface area contributed by atoms with Crippen molar-refractivity contribution in [2.24, 2.45) is 0 Å². The number of para-hydroxylation sites is 1. The molecule has 0 amide bonds. The summed E-state index contributed by atoms with van der Waals surface area (Å²) >= 11 is 0. The van der Waals surface area contributed by atoms with Gasteiger partial charge >= 0.3 is 0 Å². The summed E-state index contributed by atoms with van der Waals surface area (Å²) in [7, 11) is 0. The monoisotopic (exact) mass is 235 g/mol. The van der Waals surface area contributed by atoms with Crippen molar-refractivity contribution in [1.82, 2.24) is 5.32 Å². The predicted octanol–water partition coefficient (Wildman–Crippen LogP) is 1.13. The molecule has 17 heavy (non-hydrogen) atoms. The lowest BCUT2D eigenvalue weighted by Crippen LogP contribution is -2.22. The summed E-state index contributed by atoms with van der Waals surface area (Å²) in [6, 6.07) is 7.38. The Balaban J connectivity index is 2.88. The number of aliphatic hydroxyl groups excluding tert-OH is 1. The van der Waals surface area contributed by atoms with Crippen molar-refractivity contribution in [2.75, 3.05) is 13.2 Å². The third-order valence-corrected chi connectivity index (χ3v) is 2.26. The van der Waals surface area contributed by atoms with E-state index in [0.29, 0.717) is 18.5 Å². The van der Waals surface area contributed by atoms with E-state index >= 15 is 0 Å². The Labute approximate surface area is 98.6 Å². The van der Waals surface area contributed by atoms with Crippen LogP contribution >= 0.6 is 0 Å². The average molecular weight is 235 g/mol. The minimum absolute atomic E-state index is 0.0159. The van der Waals surface area contributed by atoms with Crippen LogP contribution in [0.5, 0.6) is 0 Å². The number of hydrogen-bond donors (Lipinski definition) is 2. The fraction of sp³-hybridized carbons (Fsp3) is 0.364. The van der Waals surface area contributed by atoms with Crippen LogP contribution in [0.15, 0.2) is 24.3 Å². The maximum Gasteiger partial charge on any atom is 0.275 e. The quantitative estimate of drug-likeness (QED) is 0.437. The highest BCUT2D eigenvalue weighted by Gasteiger charge is 2.20. The zero-order valence-corrected chi connectivity index (χ0v) is 9.17. The molecule has 0 aliphatic rings. The number of benzene rings is 1. The molecule has 1 atom stereocenters. The molecule has 0 aliphatic heterocycles. The third kappa shape index (κ3) is 3.52. The van der Waals surface area contributed by atoms with Crippen molar-refractivity contribution < 1.29 is 10.0 Å². The molecule has 0 spiro atoms. The molecule has 1 rings (SSSR count). The lowest BCUT2D eigenvalue weighted by atomic mass is 10.1. The van der Waals surface area contributed by atoms with Gasteiger partial charge in [0.05, 0.1) is 16.6 Å². The highest BCUT2D eigenvalue weighted by Crippen LogP contribution is 2.24. The van der Waals surface area contributed by atoms with Crippen molar-refractivity contribution in [3.63, 3.8) is 0 Å². The molecule has 6 heteroatoms. The van der Waals surface area contributed by atoms with Gasteiger partial charge in [-0.3, -0.25) is 15.4 Å². The standard InChI is InChI=1S/C11H13N3O3/c12-8-10(13-6-3-7-15)9-4-1-2-5-11(9)14(16)17/h1-2,4-5,10,13,15H,3,6-7H2. The van der Waals surface area contributed by atoms with Gasteiger partial charge in [-0.1, -0.05) is 12.1 Å². The molecule has 1 unspecified atom stereocenters. The largest absolute Gasteiger partial charge is 0.396 e. The highest BCUT2D eigenvalue weighted by atomic mass is 16.6. The summed E-state index contributed by atoms with van der Waals surface area (Å²) in [6.07, 6.45) is 0.499. The summed E-state index contributed by atoms with van der Waals surface area (Å²) < 4.78 is 0. The van der Waals surface area contributed by atoms with Crippen molar-refractivity contribution in [2.45, 2.75) is 12.5 Å². The van der Waals surface area contributed by atoms with E-state index in [-0.39, 0.29) is 12.3 Å². The number of nitrogens with one attached hydrogen (secondary N) is 1. The second-order valence-electron chi connectivity index (χ2n) is 3.41.